The second kappa shape index (κ2) is 10.3. The van der Waals surface area contributed by atoms with E-state index >= 15 is 0 Å². The number of urea groups is 1. The van der Waals surface area contributed by atoms with Crippen molar-refractivity contribution in [2.24, 2.45) is 0 Å². The number of hydrogen-bond acceptors (Lipinski definition) is 7. The number of carbonyl (C=O) groups is 1. The zero-order valence-electron chi connectivity index (χ0n) is 19.1. The second-order valence-corrected chi connectivity index (χ2v) is 8.38. The standard InChI is InChI=1S/C22H31N7O3/c1-6-16(32-19-7-8-23-20(26-19)29-9-11-31-12-10-29)15(2)14-24-21(30)25-18-13-17(27-28-18)22(3,4)5/h6-8,13H,2,9-12,14H2,1,3-5H3,(H3,24,25,27,28,30)/b16-6+. The molecule has 0 unspecified atom stereocenters. The van der Waals surface area contributed by atoms with Gasteiger partial charge in [-0.3, -0.25) is 10.4 Å². The molecule has 3 heterocycles. The van der Waals surface area contributed by atoms with E-state index in [1.807, 2.05) is 17.9 Å². The Labute approximate surface area is 188 Å². The average Bonchev–Trinajstić information content (AvgIpc) is 3.25. The van der Waals surface area contributed by atoms with Crippen LogP contribution < -0.4 is 20.3 Å². The van der Waals surface area contributed by atoms with Crippen LogP contribution in [-0.4, -0.2) is 59.0 Å². The number of morpholine rings is 1. The first-order chi connectivity index (χ1) is 15.3. The summed E-state index contributed by atoms with van der Waals surface area (Å²) in [5.74, 6) is 1.98. The van der Waals surface area contributed by atoms with Gasteiger partial charge >= 0.3 is 6.03 Å². The molecule has 2 amide bonds. The molecule has 0 saturated carbocycles. The summed E-state index contributed by atoms with van der Waals surface area (Å²) in [6.45, 7) is 15.0. The molecule has 0 spiro atoms. The zero-order valence-corrected chi connectivity index (χ0v) is 19.1. The molecule has 0 aliphatic carbocycles. The number of carbonyl (C=O) groups excluding carboxylic acids is 1. The van der Waals surface area contributed by atoms with Crippen molar-refractivity contribution in [2.75, 3.05) is 43.1 Å². The summed E-state index contributed by atoms with van der Waals surface area (Å²) >= 11 is 0. The van der Waals surface area contributed by atoms with E-state index in [4.69, 9.17) is 9.47 Å². The van der Waals surface area contributed by atoms with Gasteiger partial charge < -0.3 is 19.7 Å². The van der Waals surface area contributed by atoms with Gasteiger partial charge in [0.15, 0.2) is 5.82 Å². The number of amides is 2. The Morgan fingerprint density at radius 1 is 1.38 bits per heavy atom. The van der Waals surface area contributed by atoms with Crippen molar-refractivity contribution < 1.29 is 14.3 Å². The third-order valence-electron chi connectivity index (χ3n) is 4.83. The molecular weight excluding hydrogens is 410 g/mol. The van der Waals surface area contributed by atoms with Crippen LogP contribution in [0.4, 0.5) is 16.6 Å². The Morgan fingerprint density at radius 3 is 2.78 bits per heavy atom. The van der Waals surface area contributed by atoms with Crippen molar-refractivity contribution in [3.8, 4) is 5.88 Å². The van der Waals surface area contributed by atoms with E-state index in [2.05, 4.69) is 58.1 Å². The van der Waals surface area contributed by atoms with Crippen LogP contribution in [0.3, 0.4) is 0 Å². The van der Waals surface area contributed by atoms with E-state index in [0.717, 1.165) is 18.8 Å². The van der Waals surface area contributed by atoms with E-state index in [9.17, 15) is 4.79 Å². The number of hydrogen-bond donors (Lipinski definition) is 3. The first kappa shape index (κ1) is 23.3. The van der Waals surface area contributed by atoms with Crippen molar-refractivity contribution in [1.82, 2.24) is 25.5 Å². The highest BCUT2D eigenvalue weighted by Gasteiger charge is 2.18. The van der Waals surface area contributed by atoms with Crippen molar-refractivity contribution in [2.45, 2.75) is 33.1 Å². The van der Waals surface area contributed by atoms with Gasteiger partial charge in [0.05, 0.1) is 13.2 Å². The fraction of sp³-hybridized carbons (Fsp3) is 0.455. The van der Waals surface area contributed by atoms with Crippen molar-refractivity contribution in [1.29, 1.82) is 0 Å². The summed E-state index contributed by atoms with van der Waals surface area (Å²) in [5.41, 5.74) is 1.45. The number of nitrogens with one attached hydrogen (secondary N) is 3. The maximum absolute atomic E-state index is 12.3. The molecule has 3 rings (SSSR count). The van der Waals surface area contributed by atoms with E-state index in [-0.39, 0.29) is 18.0 Å². The number of rotatable bonds is 7. The number of nitrogens with zero attached hydrogens (tertiary/aromatic N) is 4. The van der Waals surface area contributed by atoms with Gasteiger partial charge in [-0.05, 0) is 13.0 Å². The highest BCUT2D eigenvalue weighted by Crippen LogP contribution is 2.22. The highest BCUT2D eigenvalue weighted by molar-refractivity contribution is 5.88. The predicted molar refractivity (Wildman–Crippen MR) is 123 cm³/mol. The molecule has 0 radical (unpaired) electrons. The minimum atomic E-state index is -0.384. The third-order valence-corrected chi connectivity index (χ3v) is 4.83. The zero-order chi connectivity index (χ0) is 23.1. The number of aromatic nitrogens is 4. The van der Waals surface area contributed by atoms with Crippen molar-refractivity contribution >= 4 is 17.8 Å². The number of ether oxygens (including phenoxy) is 2. The molecule has 10 heteroatoms. The van der Waals surface area contributed by atoms with Crippen molar-refractivity contribution in [3.05, 3.63) is 48.0 Å². The van der Waals surface area contributed by atoms with Gasteiger partial charge in [0.1, 0.15) is 5.76 Å². The van der Waals surface area contributed by atoms with Gasteiger partial charge in [-0.15, -0.1) is 0 Å². The van der Waals surface area contributed by atoms with Crippen LogP contribution in [-0.2, 0) is 10.2 Å². The first-order valence-electron chi connectivity index (χ1n) is 10.5. The van der Waals surface area contributed by atoms with E-state index in [0.29, 0.717) is 42.2 Å². The van der Waals surface area contributed by atoms with E-state index in [1.165, 1.54) is 0 Å². The first-order valence-corrected chi connectivity index (χ1v) is 10.5. The SMILES string of the molecule is C=C(CNC(=O)Nc1cc(C(C)(C)C)[nH]n1)/C(=C\C)Oc1ccnc(N2CCOCC2)n1. The smallest absolute Gasteiger partial charge is 0.320 e. The van der Waals surface area contributed by atoms with Crippen LogP contribution in [0.15, 0.2) is 42.3 Å². The Hall–Kier alpha value is -3.40. The summed E-state index contributed by atoms with van der Waals surface area (Å²) in [5, 5.41) is 12.5. The van der Waals surface area contributed by atoms with Gasteiger partial charge in [-0.1, -0.05) is 27.4 Å². The van der Waals surface area contributed by atoms with Crippen LogP contribution in [0.1, 0.15) is 33.4 Å². The number of H-pyrrole nitrogens is 1. The topological polar surface area (TPSA) is 117 Å². The number of allylic oxidation sites excluding steroid dienone is 1. The molecule has 1 aliphatic rings. The molecule has 32 heavy (non-hydrogen) atoms. The summed E-state index contributed by atoms with van der Waals surface area (Å²) in [4.78, 5) is 23.1. The minimum absolute atomic E-state index is 0.0848. The maximum atomic E-state index is 12.3. The minimum Gasteiger partial charge on any atom is -0.439 e. The lowest BCUT2D eigenvalue weighted by molar-refractivity contribution is 0.122. The lowest BCUT2D eigenvalue weighted by Gasteiger charge is -2.26. The maximum Gasteiger partial charge on any atom is 0.320 e. The lowest BCUT2D eigenvalue weighted by atomic mass is 9.92. The van der Waals surface area contributed by atoms with Crippen LogP contribution in [0.5, 0.6) is 5.88 Å². The van der Waals surface area contributed by atoms with Gasteiger partial charge in [-0.2, -0.15) is 10.1 Å². The van der Waals surface area contributed by atoms with E-state index in [1.54, 1.807) is 18.3 Å². The summed E-state index contributed by atoms with van der Waals surface area (Å²) in [6, 6.07) is 3.12. The lowest BCUT2D eigenvalue weighted by Crippen LogP contribution is -2.37. The Balaban J connectivity index is 1.52. The fourth-order valence-corrected chi connectivity index (χ4v) is 2.96. The third kappa shape index (κ3) is 6.30. The Kier molecular flexibility index (Phi) is 7.47. The predicted octanol–water partition coefficient (Wildman–Crippen LogP) is 2.99. The van der Waals surface area contributed by atoms with Crippen molar-refractivity contribution in [3.63, 3.8) is 0 Å². The molecule has 0 aromatic carbocycles. The van der Waals surface area contributed by atoms with Crippen LogP contribution in [0.2, 0.25) is 0 Å². The summed E-state index contributed by atoms with van der Waals surface area (Å²) in [7, 11) is 0. The summed E-state index contributed by atoms with van der Waals surface area (Å²) in [6.07, 6.45) is 3.44. The largest absolute Gasteiger partial charge is 0.439 e. The molecule has 1 fully saturated rings. The normalized spacial score (nSPS) is 14.8. The molecule has 1 aliphatic heterocycles. The van der Waals surface area contributed by atoms with Crippen LogP contribution in [0.25, 0.3) is 0 Å². The molecule has 1 saturated heterocycles. The monoisotopic (exact) mass is 441 g/mol. The molecule has 10 nitrogen and oxygen atoms in total. The van der Waals surface area contributed by atoms with E-state index < -0.39 is 0 Å². The molecule has 172 valence electrons. The molecule has 0 atom stereocenters. The fourth-order valence-electron chi connectivity index (χ4n) is 2.96. The average molecular weight is 442 g/mol. The summed E-state index contributed by atoms with van der Waals surface area (Å²) < 4.78 is 11.3. The Bertz CT molecular complexity index is 972. The quantitative estimate of drug-likeness (QED) is 0.447. The number of anilines is 2. The number of aromatic amines is 1. The van der Waals surface area contributed by atoms with Gasteiger partial charge in [-0.25, -0.2) is 9.78 Å². The molecule has 2 aromatic heterocycles. The van der Waals surface area contributed by atoms with Crippen LogP contribution >= 0.6 is 0 Å². The van der Waals surface area contributed by atoms with Crippen LogP contribution in [0, 0.1) is 0 Å². The molecule has 3 N–H and O–H groups in total. The Morgan fingerprint density at radius 2 is 2.12 bits per heavy atom. The molecule has 0 bridgehead atoms. The van der Waals surface area contributed by atoms with Gasteiger partial charge in [0, 0.05) is 54.6 Å². The van der Waals surface area contributed by atoms with Gasteiger partial charge in [0.2, 0.25) is 11.8 Å². The second-order valence-electron chi connectivity index (χ2n) is 8.38. The molecular formula is C22H31N7O3. The highest BCUT2D eigenvalue weighted by atomic mass is 16.5. The molecule has 2 aromatic rings. The van der Waals surface area contributed by atoms with Gasteiger partial charge in [0.25, 0.3) is 0 Å².